The minimum atomic E-state index is 0.109. The third kappa shape index (κ3) is 2.09. The van der Waals surface area contributed by atoms with Gasteiger partial charge in [0.05, 0.1) is 0 Å². The van der Waals surface area contributed by atoms with Crippen molar-refractivity contribution in [2.24, 2.45) is 0 Å². The number of rotatable bonds is 1. The molecule has 1 heterocycles. The molecule has 0 saturated carbocycles. The zero-order chi connectivity index (χ0) is 11.5. The lowest BCUT2D eigenvalue weighted by atomic mass is 10.1. The maximum absolute atomic E-state index is 12.1. The van der Waals surface area contributed by atoms with E-state index in [1.807, 2.05) is 24.0 Å². The van der Waals surface area contributed by atoms with Gasteiger partial charge in [0.1, 0.15) is 0 Å². The topological polar surface area (TPSA) is 20.3 Å². The van der Waals surface area contributed by atoms with Crippen molar-refractivity contribution < 1.29 is 4.79 Å². The third-order valence-electron chi connectivity index (χ3n) is 2.88. The van der Waals surface area contributed by atoms with Crippen LogP contribution >= 0.6 is 0 Å². The summed E-state index contributed by atoms with van der Waals surface area (Å²) in [7, 11) is 0. The van der Waals surface area contributed by atoms with E-state index in [1.54, 1.807) is 6.07 Å². The highest BCUT2D eigenvalue weighted by Gasteiger charge is 2.19. The van der Waals surface area contributed by atoms with Crippen molar-refractivity contribution in [1.82, 2.24) is 4.90 Å². The summed E-state index contributed by atoms with van der Waals surface area (Å²) in [6, 6.07) is 5.62. The van der Waals surface area contributed by atoms with Gasteiger partial charge in [0, 0.05) is 24.2 Å². The Bertz CT molecular complexity index is 450. The summed E-state index contributed by atoms with van der Waals surface area (Å²) in [6.07, 6.45) is 7.59. The molecule has 0 radical (unpaired) electrons. The highest BCUT2D eigenvalue weighted by Crippen LogP contribution is 2.15. The molecular formula is C14H15NO. The van der Waals surface area contributed by atoms with Gasteiger partial charge in [0.2, 0.25) is 0 Å². The van der Waals surface area contributed by atoms with Crippen molar-refractivity contribution in [1.29, 1.82) is 0 Å². The Morgan fingerprint density at radius 2 is 2.00 bits per heavy atom. The lowest BCUT2D eigenvalue weighted by Gasteiger charge is -2.15. The molecule has 0 unspecified atom stereocenters. The fourth-order valence-electron chi connectivity index (χ4n) is 2.09. The average Bonchev–Trinajstić information content (AvgIpc) is 2.80. The van der Waals surface area contributed by atoms with E-state index in [1.165, 1.54) is 0 Å². The minimum absolute atomic E-state index is 0.109. The van der Waals surface area contributed by atoms with Crippen LogP contribution in [0.4, 0.5) is 0 Å². The first-order valence-electron chi connectivity index (χ1n) is 5.58. The van der Waals surface area contributed by atoms with Crippen molar-refractivity contribution >= 4 is 5.91 Å². The Morgan fingerprint density at radius 1 is 1.31 bits per heavy atom. The van der Waals surface area contributed by atoms with Crippen LogP contribution in [-0.4, -0.2) is 23.9 Å². The number of carbonyl (C=O) groups excluding carboxylic acids is 1. The van der Waals surface area contributed by atoms with E-state index in [-0.39, 0.29) is 5.91 Å². The monoisotopic (exact) mass is 213 g/mol. The molecule has 2 heteroatoms. The van der Waals surface area contributed by atoms with Crippen molar-refractivity contribution in [3.8, 4) is 12.3 Å². The number of hydrogen-bond donors (Lipinski definition) is 0. The number of nitrogens with zero attached hydrogens (tertiary/aromatic N) is 1. The van der Waals surface area contributed by atoms with Crippen LogP contribution in [0.25, 0.3) is 0 Å². The molecule has 2 nitrogen and oxygen atoms in total. The SMILES string of the molecule is C#Cc1cc(C)cc(C(=O)N2CCCC2)c1. The van der Waals surface area contributed by atoms with Crippen LogP contribution in [0.2, 0.25) is 0 Å². The van der Waals surface area contributed by atoms with Crippen LogP contribution in [0.1, 0.15) is 34.3 Å². The molecule has 1 aromatic rings. The number of terminal acetylenes is 1. The molecule has 82 valence electrons. The number of aryl methyl sites for hydroxylation is 1. The zero-order valence-electron chi connectivity index (χ0n) is 9.49. The summed E-state index contributed by atoms with van der Waals surface area (Å²) in [6.45, 7) is 3.71. The number of amides is 1. The zero-order valence-corrected chi connectivity index (χ0v) is 9.49. The molecule has 0 N–H and O–H groups in total. The van der Waals surface area contributed by atoms with Gasteiger partial charge in [-0.3, -0.25) is 4.79 Å². The highest BCUT2D eigenvalue weighted by molar-refractivity contribution is 5.95. The molecule has 0 aliphatic carbocycles. The molecule has 1 saturated heterocycles. The van der Waals surface area contributed by atoms with Gasteiger partial charge in [-0.1, -0.05) is 5.92 Å². The van der Waals surface area contributed by atoms with Crippen LogP contribution < -0.4 is 0 Å². The van der Waals surface area contributed by atoms with E-state index >= 15 is 0 Å². The summed E-state index contributed by atoms with van der Waals surface area (Å²) >= 11 is 0. The van der Waals surface area contributed by atoms with E-state index < -0.39 is 0 Å². The van der Waals surface area contributed by atoms with Gasteiger partial charge in [0.25, 0.3) is 5.91 Å². The van der Waals surface area contributed by atoms with Gasteiger partial charge < -0.3 is 4.90 Å². The van der Waals surface area contributed by atoms with Crippen LogP contribution in [0.5, 0.6) is 0 Å². The summed E-state index contributed by atoms with van der Waals surface area (Å²) in [5.74, 6) is 2.69. The van der Waals surface area contributed by atoms with E-state index in [0.717, 1.165) is 42.6 Å². The fourth-order valence-corrected chi connectivity index (χ4v) is 2.09. The lowest BCUT2D eigenvalue weighted by molar-refractivity contribution is 0.0792. The second-order valence-corrected chi connectivity index (χ2v) is 4.23. The Labute approximate surface area is 96.3 Å². The number of hydrogen-bond acceptors (Lipinski definition) is 1. The summed E-state index contributed by atoms with van der Waals surface area (Å²) in [5, 5.41) is 0. The first-order chi connectivity index (χ1) is 7.70. The molecule has 0 spiro atoms. The Morgan fingerprint density at radius 3 is 2.62 bits per heavy atom. The van der Waals surface area contributed by atoms with Gasteiger partial charge in [-0.25, -0.2) is 0 Å². The van der Waals surface area contributed by atoms with Gasteiger partial charge in [-0.15, -0.1) is 6.42 Å². The van der Waals surface area contributed by atoms with Crippen LogP contribution in [0.3, 0.4) is 0 Å². The molecule has 0 bridgehead atoms. The van der Waals surface area contributed by atoms with Crippen molar-refractivity contribution in [3.63, 3.8) is 0 Å². The van der Waals surface area contributed by atoms with E-state index in [4.69, 9.17) is 6.42 Å². The maximum Gasteiger partial charge on any atom is 0.253 e. The van der Waals surface area contributed by atoms with Crippen molar-refractivity contribution in [3.05, 3.63) is 34.9 Å². The molecule has 0 atom stereocenters. The second-order valence-electron chi connectivity index (χ2n) is 4.23. The summed E-state index contributed by atoms with van der Waals surface area (Å²) in [4.78, 5) is 14.0. The van der Waals surface area contributed by atoms with E-state index in [2.05, 4.69) is 5.92 Å². The smallest absolute Gasteiger partial charge is 0.253 e. The van der Waals surface area contributed by atoms with Gasteiger partial charge in [-0.05, 0) is 43.5 Å². The molecule has 16 heavy (non-hydrogen) atoms. The standard InChI is InChI=1S/C14H15NO/c1-3-12-8-11(2)9-13(10-12)14(16)15-6-4-5-7-15/h1,8-10H,4-7H2,2H3. The van der Waals surface area contributed by atoms with Crippen LogP contribution in [0, 0.1) is 19.3 Å². The second kappa shape index (κ2) is 4.40. The molecule has 1 aromatic carbocycles. The Hall–Kier alpha value is -1.75. The molecule has 1 amide bonds. The molecular weight excluding hydrogens is 198 g/mol. The Kier molecular flexibility index (Phi) is 2.96. The number of likely N-dealkylation sites (tertiary alicyclic amines) is 1. The quantitative estimate of drug-likeness (QED) is 0.655. The predicted molar refractivity (Wildman–Crippen MR) is 64.3 cm³/mol. The molecule has 0 aromatic heterocycles. The molecule has 1 aliphatic rings. The molecule has 2 rings (SSSR count). The first-order valence-corrected chi connectivity index (χ1v) is 5.58. The van der Waals surface area contributed by atoms with Crippen molar-refractivity contribution in [2.75, 3.05) is 13.1 Å². The number of benzene rings is 1. The maximum atomic E-state index is 12.1. The predicted octanol–water partition coefficient (Wildman–Crippen LogP) is 2.21. The summed E-state index contributed by atoms with van der Waals surface area (Å²) in [5.41, 5.74) is 2.54. The average molecular weight is 213 g/mol. The molecule has 1 fully saturated rings. The van der Waals surface area contributed by atoms with Crippen LogP contribution in [0.15, 0.2) is 18.2 Å². The van der Waals surface area contributed by atoms with Crippen LogP contribution in [-0.2, 0) is 0 Å². The highest BCUT2D eigenvalue weighted by atomic mass is 16.2. The van der Waals surface area contributed by atoms with Gasteiger partial charge in [-0.2, -0.15) is 0 Å². The normalized spacial score (nSPS) is 14.9. The molecule has 1 aliphatic heterocycles. The third-order valence-corrected chi connectivity index (χ3v) is 2.88. The first kappa shape index (κ1) is 10.8. The van der Waals surface area contributed by atoms with E-state index in [0.29, 0.717) is 0 Å². The van der Waals surface area contributed by atoms with Crippen molar-refractivity contribution in [2.45, 2.75) is 19.8 Å². The minimum Gasteiger partial charge on any atom is -0.339 e. The Balaban J connectivity index is 2.29. The largest absolute Gasteiger partial charge is 0.339 e. The lowest BCUT2D eigenvalue weighted by Crippen LogP contribution is -2.27. The van der Waals surface area contributed by atoms with E-state index in [9.17, 15) is 4.79 Å². The van der Waals surface area contributed by atoms with Gasteiger partial charge >= 0.3 is 0 Å². The number of carbonyl (C=O) groups is 1. The summed E-state index contributed by atoms with van der Waals surface area (Å²) < 4.78 is 0. The fraction of sp³-hybridized carbons (Fsp3) is 0.357. The van der Waals surface area contributed by atoms with Gasteiger partial charge in [0.15, 0.2) is 0 Å².